The molecule has 1 aromatic rings. The molecule has 1 heterocycles. The van der Waals surface area contributed by atoms with Gasteiger partial charge in [-0.25, -0.2) is 9.78 Å². The number of aromatic carboxylic acids is 1. The van der Waals surface area contributed by atoms with Crippen LogP contribution < -0.4 is 5.32 Å². The number of carbonyl (C=O) groups is 1. The van der Waals surface area contributed by atoms with Gasteiger partial charge in [-0.3, -0.25) is 0 Å². The summed E-state index contributed by atoms with van der Waals surface area (Å²) in [6.45, 7) is 6.91. The summed E-state index contributed by atoms with van der Waals surface area (Å²) in [6.07, 6.45) is 0.0654. The molecule has 0 bridgehead atoms. The third-order valence-electron chi connectivity index (χ3n) is 2.22. The fourth-order valence-electron chi connectivity index (χ4n) is 1.47. The van der Waals surface area contributed by atoms with E-state index in [2.05, 4.69) is 10.3 Å². The van der Waals surface area contributed by atoms with Gasteiger partial charge < -0.3 is 15.2 Å². The SMILES string of the molecule is CCOC(C)CNc1cc(C(=O)O)cc(C)n1. The van der Waals surface area contributed by atoms with Crippen LogP contribution in [0.3, 0.4) is 0 Å². The molecule has 0 amide bonds. The molecular weight excluding hydrogens is 220 g/mol. The van der Waals surface area contributed by atoms with Crippen molar-refractivity contribution in [2.24, 2.45) is 0 Å². The van der Waals surface area contributed by atoms with E-state index in [1.165, 1.54) is 6.07 Å². The van der Waals surface area contributed by atoms with E-state index in [4.69, 9.17) is 9.84 Å². The van der Waals surface area contributed by atoms with E-state index in [9.17, 15) is 4.79 Å². The number of nitrogens with zero attached hydrogens (tertiary/aromatic N) is 1. The average Bonchev–Trinajstić information content (AvgIpc) is 2.26. The molecule has 0 aliphatic carbocycles. The van der Waals surface area contributed by atoms with Gasteiger partial charge in [0.1, 0.15) is 5.82 Å². The summed E-state index contributed by atoms with van der Waals surface area (Å²) in [5, 5.41) is 12.0. The van der Waals surface area contributed by atoms with Gasteiger partial charge in [-0.1, -0.05) is 0 Å². The van der Waals surface area contributed by atoms with Crippen molar-refractivity contribution < 1.29 is 14.6 Å². The van der Waals surface area contributed by atoms with Crippen molar-refractivity contribution >= 4 is 11.8 Å². The number of rotatable bonds is 6. The highest BCUT2D eigenvalue weighted by Gasteiger charge is 2.07. The molecule has 0 saturated carbocycles. The molecule has 1 rings (SSSR count). The summed E-state index contributed by atoms with van der Waals surface area (Å²) in [5.41, 5.74) is 0.917. The first-order chi connectivity index (χ1) is 8.02. The third-order valence-corrected chi connectivity index (χ3v) is 2.22. The normalized spacial score (nSPS) is 12.2. The van der Waals surface area contributed by atoms with E-state index in [1.54, 1.807) is 13.0 Å². The minimum atomic E-state index is -0.948. The predicted octanol–water partition coefficient (Wildman–Crippen LogP) is 1.93. The first kappa shape index (κ1) is 13.4. The molecule has 0 aliphatic heterocycles. The van der Waals surface area contributed by atoms with Crippen LogP contribution in [0.4, 0.5) is 5.82 Å². The van der Waals surface area contributed by atoms with E-state index in [0.717, 1.165) is 0 Å². The maximum absolute atomic E-state index is 10.9. The van der Waals surface area contributed by atoms with E-state index in [-0.39, 0.29) is 11.7 Å². The number of aromatic nitrogens is 1. The summed E-state index contributed by atoms with van der Waals surface area (Å²) in [5.74, 6) is -0.384. The highest BCUT2D eigenvalue weighted by atomic mass is 16.5. The second kappa shape index (κ2) is 6.20. The Kier molecular flexibility index (Phi) is 4.90. The molecule has 2 N–H and O–H groups in total. The topological polar surface area (TPSA) is 71.5 Å². The molecule has 0 saturated heterocycles. The van der Waals surface area contributed by atoms with Gasteiger partial charge >= 0.3 is 5.97 Å². The number of ether oxygens (including phenoxy) is 1. The van der Waals surface area contributed by atoms with Crippen LogP contribution in [0.15, 0.2) is 12.1 Å². The molecule has 5 heteroatoms. The maximum Gasteiger partial charge on any atom is 0.335 e. The molecular formula is C12H18N2O3. The standard InChI is InChI=1S/C12H18N2O3/c1-4-17-9(3)7-13-11-6-10(12(15)16)5-8(2)14-11/h5-6,9H,4,7H2,1-3H3,(H,13,14)(H,15,16). The number of hydrogen-bond donors (Lipinski definition) is 2. The molecule has 94 valence electrons. The molecule has 17 heavy (non-hydrogen) atoms. The van der Waals surface area contributed by atoms with Gasteiger partial charge in [-0.15, -0.1) is 0 Å². The lowest BCUT2D eigenvalue weighted by Crippen LogP contribution is -2.20. The molecule has 1 unspecified atom stereocenters. The Hall–Kier alpha value is -1.62. The van der Waals surface area contributed by atoms with Crippen LogP contribution in [-0.2, 0) is 4.74 Å². The zero-order valence-corrected chi connectivity index (χ0v) is 10.4. The van der Waals surface area contributed by atoms with Crippen molar-refractivity contribution in [3.63, 3.8) is 0 Å². The Morgan fingerprint density at radius 3 is 2.88 bits per heavy atom. The summed E-state index contributed by atoms with van der Waals surface area (Å²) in [7, 11) is 0. The Morgan fingerprint density at radius 1 is 1.59 bits per heavy atom. The molecule has 0 aliphatic rings. The van der Waals surface area contributed by atoms with Crippen LogP contribution in [-0.4, -0.2) is 35.3 Å². The Balaban J connectivity index is 2.68. The van der Waals surface area contributed by atoms with Gasteiger partial charge in [0.25, 0.3) is 0 Å². The molecule has 0 radical (unpaired) electrons. The minimum Gasteiger partial charge on any atom is -0.478 e. The quantitative estimate of drug-likeness (QED) is 0.792. The molecule has 5 nitrogen and oxygen atoms in total. The molecule has 1 atom stereocenters. The number of hydrogen-bond acceptors (Lipinski definition) is 4. The number of aryl methyl sites for hydroxylation is 1. The van der Waals surface area contributed by atoms with Crippen molar-refractivity contribution in [1.29, 1.82) is 0 Å². The van der Waals surface area contributed by atoms with Gasteiger partial charge in [-0.05, 0) is 32.9 Å². The lowest BCUT2D eigenvalue weighted by atomic mass is 10.2. The van der Waals surface area contributed by atoms with E-state index in [1.807, 2.05) is 13.8 Å². The fraction of sp³-hybridized carbons (Fsp3) is 0.500. The predicted molar refractivity (Wildman–Crippen MR) is 65.5 cm³/mol. The second-order valence-corrected chi connectivity index (χ2v) is 3.83. The van der Waals surface area contributed by atoms with Gasteiger partial charge in [0.15, 0.2) is 0 Å². The Labute approximate surface area is 101 Å². The van der Waals surface area contributed by atoms with Crippen LogP contribution >= 0.6 is 0 Å². The van der Waals surface area contributed by atoms with Gasteiger partial charge in [0, 0.05) is 18.8 Å². The summed E-state index contributed by atoms with van der Waals surface area (Å²) >= 11 is 0. The summed E-state index contributed by atoms with van der Waals surface area (Å²) in [6, 6.07) is 3.06. The lowest BCUT2D eigenvalue weighted by molar-refractivity contribution is 0.0696. The number of pyridine rings is 1. The van der Waals surface area contributed by atoms with Crippen LogP contribution in [0, 0.1) is 6.92 Å². The van der Waals surface area contributed by atoms with Crippen LogP contribution in [0.25, 0.3) is 0 Å². The van der Waals surface area contributed by atoms with E-state index < -0.39 is 5.97 Å². The smallest absolute Gasteiger partial charge is 0.335 e. The first-order valence-corrected chi connectivity index (χ1v) is 5.60. The molecule has 0 fully saturated rings. The highest BCUT2D eigenvalue weighted by molar-refractivity contribution is 5.88. The zero-order chi connectivity index (χ0) is 12.8. The zero-order valence-electron chi connectivity index (χ0n) is 10.4. The van der Waals surface area contributed by atoms with Crippen molar-refractivity contribution in [1.82, 2.24) is 4.98 Å². The van der Waals surface area contributed by atoms with Crippen molar-refractivity contribution in [3.8, 4) is 0 Å². The number of carboxylic acid groups (broad SMARTS) is 1. The van der Waals surface area contributed by atoms with Crippen molar-refractivity contribution in [2.45, 2.75) is 26.9 Å². The van der Waals surface area contributed by atoms with Crippen LogP contribution in [0.2, 0.25) is 0 Å². The molecule has 0 aromatic carbocycles. The van der Waals surface area contributed by atoms with Crippen LogP contribution in [0.5, 0.6) is 0 Å². The Bertz CT molecular complexity index is 393. The second-order valence-electron chi connectivity index (χ2n) is 3.83. The van der Waals surface area contributed by atoms with Crippen LogP contribution in [0.1, 0.15) is 29.9 Å². The highest BCUT2D eigenvalue weighted by Crippen LogP contribution is 2.10. The van der Waals surface area contributed by atoms with Gasteiger partial charge in [-0.2, -0.15) is 0 Å². The largest absolute Gasteiger partial charge is 0.478 e. The number of anilines is 1. The number of carboxylic acids is 1. The molecule has 1 aromatic heterocycles. The van der Waals surface area contributed by atoms with Gasteiger partial charge in [0.05, 0.1) is 11.7 Å². The Morgan fingerprint density at radius 2 is 2.29 bits per heavy atom. The minimum absolute atomic E-state index is 0.0654. The summed E-state index contributed by atoms with van der Waals surface area (Å²) < 4.78 is 5.36. The van der Waals surface area contributed by atoms with Gasteiger partial charge in [0.2, 0.25) is 0 Å². The first-order valence-electron chi connectivity index (χ1n) is 5.60. The average molecular weight is 238 g/mol. The summed E-state index contributed by atoms with van der Waals surface area (Å²) in [4.78, 5) is 15.1. The van der Waals surface area contributed by atoms with Crippen molar-refractivity contribution in [3.05, 3.63) is 23.4 Å². The lowest BCUT2D eigenvalue weighted by Gasteiger charge is -2.13. The van der Waals surface area contributed by atoms with Crippen molar-refractivity contribution in [2.75, 3.05) is 18.5 Å². The number of nitrogens with one attached hydrogen (secondary N) is 1. The third kappa shape index (κ3) is 4.40. The fourth-order valence-corrected chi connectivity index (χ4v) is 1.47. The van der Waals surface area contributed by atoms with E-state index >= 15 is 0 Å². The molecule has 0 spiro atoms. The monoisotopic (exact) mass is 238 g/mol. The van der Waals surface area contributed by atoms with E-state index in [0.29, 0.717) is 24.7 Å². The maximum atomic E-state index is 10.9.